The zero-order chi connectivity index (χ0) is 13.5. The maximum Gasteiger partial charge on any atom is 0.411 e. The van der Waals surface area contributed by atoms with Gasteiger partial charge in [-0.2, -0.15) is 13.2 Å². The molecule has 0 saturated heterocycles. The third-order valence-corrected chi connectivity index (χ3v) is 2.30. The summed E-state index contributed by atoms with van der Waals surface area (Å²) in [6.45, 7) is 2.37. The van der Waals surface area contributed by atoms with Crippen LogP contribution in [0.3, 0.4) is 0 Å². The van der Waals surface area contributed by atoms with E-state index in [2.05, 4.69) is 14.8 Å². The number of methoxy groups -OCH3 is 1. The molecule has 0 heterocycles. The van der Waals surface area contributed by atoms with Gasteiger partial charge in [0, 0.05) is 12.6 Å². The minimum Gasteiger partial charge on any atom is -0.469 e. The predicted molar refractivity (Wildman–Crippen MR) is 55.5 cm³/mol. The van der Waals surface area contributed by atoms with Gasteiger partial charge in [0.2, 0.25) is 0 Å². The lowest BCUT2D eigenvalue weighted by Crippen LogP contribution is -2.38. The summed E-state index contributed by atoms with van der Waals surface area (Å²) in [5.74, 6) is -0.719. The number of alkyl halides is 3. The summed E-state index contributed by atoms with van der Waals surface area (Å²) in [5.41, 5.74) is 0. The molecule has 0 aliphatic heterocycles. The molecule has 0 bridgehead atoms. The molecule has 102 valence electrons. The Balaban J connectivity index is 3.65. The molecule has 0 aromatic carbocycles. The van der Waals surface area contributed by atoms with Crippen molar-refractivity contribution in [3.05, 3.63) is 0 Å². The van der Waals surface area contributed by atoms with Crippen LogP contribution in [0.25, 0.3) is 0 Å². The van der Waals surface area contributed by atoms with Gasteiger partial charge in [-0.1, -0.05) is 6.92 Å². The maximum absolute atomic E-state index is 11.7. The molecule has 1 N–H and O–H groups in total. The summed E-state index contributed by atoms with van der Waals surface area (Å²) in [7, 11) is 1.29. The highest BCUT2D eigenvalue weighted by Gasteiger charge is 2.27. The number of carbonyl (C=O) groups excluding carboxylic acids is 1. The molecule has 2 unspecified atom stereocenters. The van der Waals surface area contributed by atoms with Gasteiger partial charge in [-0.3, -0.25) is 4.79 Å². The molecule has 0 amide bonds. The zero-order valence-corrected chi connectivity index (χ0v) is 10.1. The average molecular weight is 257 g/mol. The van der Waals surface area contributed by atoms with Crippen LogP contribution in [0.4, 0.5) is 13.2 Å². The van der Waals surface area contributed by atoms with Crippen molar-refractivity contribution in [3.8, 4) is 0 Å². The van der Waals surface area contributed by atoms with Gasteiger partial charge in [0.25, 0.3) is 0 Å². The molecular formula is C10H18F3NO3. The molecule has 7 heteroatoms. The molecule has 2 atom stereocenters. The molecule has 0 aliphatic carbocycles. The van der Waals surface area contributed by atoms with E-state index in [4.69, 9.17) is 0 Å². The topological polar surface area (TPSA) is 47.6 Å². The number of hydrogen-bond acceptors (Lipinski definition) is 4. The first kappa shape index (κ1) is 16.2. The van der Waals surface area contributed by atoms with Crippen LogP contribution in [0.15, 0.2) is 0 Å². The van der Waals surface area contributed by atoms with Crippen molar-refractivity contribution >= 4 is 5.97 Å². The second-order valence-corrected chi connectivity index (χ2v) is 3.72. The predicted octanol–water partition coefficient (Wildman–Crippen LogP) is 1.35. The van der Waals surface area contributed by atoms with E-state index in [-0.39, 0.29) is 31.1 Å². The van der Waals surface area contributed by atoms with Crippen LogP contribution in [-0.4, -0.2) is 45.1 Å². The highest BCUT2D eigenvalue weighted by molar-refractivity contribution is 5.72. The zero-order valence-electron chi connectivity index (χ0n) is 10.1. The van der Waals surface area contributed by atoms with Crippen molar-refractivity contribution in [1.29, 1.82) is 0 Å². The number of carbonyl (C=O) groups is 1. The van der Waals surface area contributed by atoms with Crippen LogP contribution in [0.5, 0.6) is 0 Å². The maximum atomic E-state index is 11.7. The molecule has 0 rings (SSSR count). The average Bonchev–Trinajstić information content (AvgIpc) is 2.24. The Bertz CT molecular complexity index is 233. The van der Waals surface area contributed by atoms with Gasteiger partial charge in [0.05, 0.1) is 19.6 Å². The Hall–Kier alpha value is -0.820. The second kappa shape index (κ2) is 7.50. The molecular weight excluding hydrogens is 239 g/mol. The molecule has 0 aromatic rings. The standard InChI is InChI=1S/C10H18F3NO3/c1-7(9(15)16-3)8(2)14-4-5-17-6-10(11,12)13/h7-8,14H,4-6H2,1-3H3. The van der Waals surface area contributed by atoms with Crippen LogP contribution < -0.4 is 5.32 Å². The largest absolute Gasteiger partial charge is 0.469 e. The van der Waals surface area contributed by atoms with Gasteiger partial charge in [-0.25, -0.2) is 0 Å². The Kier molecular flexibility index (Phi) is 7.13. The number of halogens is 3. The fraction of sp³-hybridized carbons (Fsp3) is 0.900. The molecule has 0 radical (unpaired) electrons. The summed E-state index contributed by atoms with van der Waals surface area (Å²) in [5, 5.41) is 2.89. The molecule has 0 fully saturated rings. The molecule has 0 spiro atoms. The first-order chi connectivity index (χ1) is 7.78. The highest BCUT2D eigenvalue weighted by atomic mass is 19.4. The first-order valence-corrected chi connectivity index (χ1v) is 5.23. The van der Waals surface area contributed by atoms with Gasteiger partial charge in [-0.05, 0) is 6.92 Å². The molecule has 0 saturated carbocycles. The first-order valence-electron chi connectivity index (χ1n) is 5.23. The van der Waals surface area contributed by atoms with E-state index in [1.165, 1.54) is 7.11 Å². The van der Waals surface area contributed by atoms with Crippen LogP contribution in [0, 0.1) is 5.92 Å². The van der Waals surface area contributed by atoms with E-state index in [1.54, 1.807) is 13.8 Å². The molecule has 0 aliphatic rings. The van der Waals surface area contributed by atoms with Crippen molar-refractivity contribution < 1.29 is 27.4 Å². The summed E-state index contributed by atoms with van der Waals surface area (Å²) in [4.78, 5) is 11.1. The fourth-order valence-electron chi connectivity index (χ4n) is 1.11. The van der Waals surface area contributed by atoms with Crippen LogP contribution in [-0.2, 0) is 14.3 Å². The van der Waals surface area contributed by atoms with Gasteiger partial charge in [0.15, 0.2) is 0 Å². The van der Waals surface area contributed by atoms with Gasteiger partial charge < -0.3 is 14.8 Å². The SMILES string of the molecule is COC(=O)C(C)C(C)NCCOCC(F)(F)F. The molecule has 0 aromatic heterocycles. The monoisotopic (exact) mass is 257 g/mol. The van der Waals surface area contributed by atoms with E-state index in [0.717, 1.165) is 0 Å². The summed E-state index contributed by atoms with van der Waals surface area (Å²) >= 11 is 0. The van der Waals surface area contributed by atoms with Crippen molar-refractivity contribution in [2.24, 2.45) is 5.92 Å². The Morgan fingerprint density at radius 3 is 2.41 bits per heavy atom. The van der Waals surface area contributed by atoms with Gasteiger partial charge in [0.1, 0.15) is 6.61 Å². The van der Waals surface area contributed by atoms with Crippen LogP contribution in [0.2, 0.25) is 0 Å². The van der Waals surface area contributed by atoms with Crippen molar-refractivity contribution in [1.82, 2.24) is 5.32 Å². The van der Waals surface area contributed by atoms with Gasteiger partial charge >= 0.3 is 12.1 Å². The van der Waals surface area contributed by atoms with E-state index < -0.39 is 12.8 Å². The third-order valence-electron chi connectivity index (χ3n) is 2.30. The highest BCUT2D eigenvalue weighted by Crippen LogP contribution is 2.14. The minimum absolute atomic E-state index is 0.0578. The summed E-state index contributed by atoms with van der Waals surface area (Å²) in [6, 6.07) is -0.183. The third kappa shape index (κ3) is 7.98. The van der Waals surface area contributed by atoms with Crippen molar-refractivity contribution in [3.63, 3.8) is 0 Å². The fourth-order valence-corrected chi connectivity index (χ4v) is 1.11. The Morgan fingerprint density at radius 2 is 1.94 bits per heavy atom. The van der Waals surface area contributed by atoms with Crippen molar-refractivity contribution in [2.45, 2.75) is 26.1 Å². The van der Waals surface area contributed by atoms with Crippen LogP contribution >= 0.6 is 0 Å². The molecule has 4 nitrogen and oxygen atoms in total. The lowest BCUT2D eigenvalue weighted by molar-refractivity contribution is -0.173. The smallest absolute Gasteiger partial charge is 0.411 e. The number of esters is 1. The number of nitrogens with one attached hydrogen (secondary N) is 1. The second-order valence-electron chi connectivity index (χ2n) is 3.72. The normalized spacial score (nSPS) is 15.4. The molecule has 17 heavy (non-hydrogen) atoms. The van der Waals surface area contributed by atoms with E-state index in [9.17, 15) is 18.0 Å². The number of ether oxygens (including phenoxy) is 2. The van der Waals surface area contributed by atoms with E-state index in [1.807, 2.05) is 0 Å². The minimum atomic E-state index is -4.30. The number of hydrogen-bond donors (Lipinski definition) is 1. The Labute approximate surface area is 98.5 Å². The van der Waals surface area contributed by atoms with E-state index in [0.29, 0.717) is 0 Å². The lowest BCUT2D eigenvalue weighted by Gasteiger charge is -2.19. The van der Waals surface area contributed by atoms with E-state index >= 15 is 0 Å². The van der Waals surface area contributed by atoms with Crippen molar-refractivity contribution in [2.75, 3.05) is 26.9 Å². The summed E-state index contributed by atoms with van der Waals surface area (Å²) < 4.78 is 44.1. The van der Waals surface area contributed by atoms with Gasteiger partial charge in [-0.15, -0.1) is 0 Å². The quantitative estimate of drug-likeness (QED) is 0.552. The van der Waals surface area contributed by atoms with Crippen LogP contribution in [0.1, 0.15) is 13.8 Å². The summed E-state index contributed by atoms with van der Waals surface area (Å²) in [6.07, 6.45) is -4.30. The Morgan fingerprint density at radius 1 is 1.35 bits per heavy atom. The lowest BCUT2D eigenvalue weighted by atomic mass is 10.0. The number of rotatable bonds is 7.